The maximum atomic E-state index is 12.6. The van der Waals surface area contributed by atoms with Crippen LogP contribution >= 0.6 is 23.2 Å². The van der Waals surface area contributed by atoms with E-state index < -0.39 is 5.82 Å². The number of rotatable bonds is 1. The summed E-state index contributed by atoms with van der Waals surface area (Å²) in [6, 6.07) is 2.19. The van der Waals surface area contributed by atoms with Crippen molar-refractivity contribution in [1.29, 1.82) is 0 Å². The molecule has 0 aliphatic heterocycles. The van der Waals surface area contributed by atoms with Crippen LogP contribution in [-0.4, -0.2) is 6.29 Å². The van der Waals surface area contributed by atoms with Crippen molar-refractivity contribution < 1.29 is 9.18 Å². The Labute approximate surface area is 72.7 Å². The SMILES string of the molecule is O=Cc1cc(Cl)c(F)cc1Cl. The van der Waals surface area contributed by atoms with Gasteiger partial charge in [0, 0.05) is 5.56 Å². The molecule has 0 N–H and O–H groups in total. The van der Waals surface area contributed by atoms with Crippen molar-refractivity contribution in [3.05, 3.63) is 33.6 Å². The van der Waals surface area contributed by atoms with Crippen LogP contribution in [0.25, 0.3) is 0 Å². The van der Waals surface area contributed by atoms with Crippen molar-refractivity contribution in [3.8, 4) is 0 Å². The van der Waals surface area contributed by atoms with Crippen LogP contribution in [0.3, 0.4) is 0 Å². The van der Waals surface area contributed by atoms with Gasteiger partial charge >= 0.3 is 0 Å². The van der Waals surface area contributed by atoms with Gasteiger partial charge in [-0.1, -0.05) is 23.2 Å². The van der Waals surface area contributed by atoms with Gasteiger partial charge in [0.1, 0.15) is 5.82 Å². The Morgan fingerprint density at radius 2 is 1.91 bits per heavy atom. The molecule has 0 heterocycles. The van der Waals surface area contributed by atoms with Crippen molar-refractivity contribution >= 4 is 29.5 Å². The zero-order valence-electron chi connectivity index (χ0n) is 5.27. The highest BCUT2D eigenvalue weighted by Gasteiger charge is 2.05. The van der Waals surface area contributed by atoms with Gasteiger partial charge in [-0.3, -0.25) is 4.79 Å². The topological polar surface area (TPSA) is 17.1 Å². The molecular formula is C7H3Cl2FO. The van der Waals surface area contributed by atoms with E-state index in [2.05, 4.69) is 0 Å². The lowest BCUT2D eigenvalue weighted by Crippen LogP contribution is -1.84. The normalized spacial score (nSPS) is 9.73. The first-order chi connectivity index (χ1) is 5.15. The molecule has 0 fully saturated rings. The largest absolute Gasteiger partial charge is 0.298 e. The zero-order valence-corrected chi connectivity index (χ0v) is 6.79. The molecule has 1 rings (SSSR count). The zero-order chi connectivity index (χ0) is 8.43. The lowest BCUT2D eigenvalue weighted by Gasteiger charge is -1.97. The van der Waals surface area contributed by atoms with E-state index in [9.17, 15) is 9.18 Å². The highest BCUT2D eigenvalue weighted by Crippen LogP contribution is 2.22. The average molecular weight is 193 g/mol. The smallest absolute Gasteiger partial charge is 0.151 e. The van der Waals surface area contributed by atoms with Gasteiger partial charge in [-0.25, -0.2) is 4.39 Å². The van der Waals surface area contributed by atoms with Gasteiger partial charge < -0.3 is 0 Å². The summed E-state index contributed by atoms with van der Waals surface area (Å²) >= 11 is 10.8. The molecule has 11 heavy (non-hydrogen) atoms. The second kappa shape index (κ2) is 3.20. The number of benzene rings is 1. The molecule has 0 spiro atoms. The number of halogens is 3. The molecule has 0 atom stereocenters. The number of hydrogen-bond donors (Lipinski definition) is 0. The molecule has 4 heteroatoms. The van der Waals surface area contributed by atoms with Crippen LogP contribution < -0.4 is 0 Å². The monoisotopic (exact) mass is 192 g/mol. The van der Waals surface area contributed by atoms with E-state index in [0.29, 0.717) is 6.29 Å². The van der Waals surface area contributed by atoms with Gasteiger partial charge in [0.25, 0.3) is 0 Å². The average Bonchev–Trinajstić information content (AvgIpc) is 1.97. The lowest BCUT2D eigenvalue weighted by atomic mass is 10.2. The first-order valence-corrected chi connectivity index (χ1v) is 3.50. The Morgan fingerprint density at radius 1 is 1.27 bits per heavy atom. The fraction of sp³-hybridized carbons (Fsp3) is 0. The molecule has 0 aliphatic rings. The summed E-state index contributed by atoms with van der Waals surface area (Å²) in [5.41, 5.74) is 0.193. The van der Waals surface area contributed by atoms with Gasteiger partial charge in [-0.2, -0.15) is 0 Å². The molecule has 1 nitrogen and oxygen atoms in total. The van der Waals surface area contributed by atoms with E-state index in [-0.39, 0.29) is 15.6 Å². The maximum Gasteiger partial charge on any atom is 0.151 e. The van der Waals surface area contributed by atoms with E-state index in [1.54, 1.807) is 0 Å². The highest BCUT2D eigenvalue weighted by atomic mass is 35.5. The van der Waals surface area contributed by atoms with E-state index in [1.165, 1.54) is 6.07 Å². The predicted molar refractivity (Wildman–Crippen MR) is 41.8 cm³/mol. The van der Waals surface area contributed by atoms with E-state index >= 15 is 0 Å². The van der Waals surface area contributed by atoms with Crippen molar-refractivity contribution in [2.24, 2.45) is 0 Å². The molecule has 0 radical (unpaired) electrons. The Hall–Kier alpha value is -0.600. The third-order valence-corrected chi connectivity index (χ3v) is 1.78. The fourth-order valence-electron chi connectivity index (χ4n) is 0.628. The second-order valence-corrected chi connectivity index (χ2v) is 2.72. The van der Waals surface area contributed by atoms with Crippen LogP contribution in [0.5, 0.6) is 0 Å². The van der Waals surface area contributed by atoms with E-state index in [1.807, 2.05) is 0 Å². The van der Waals surface area contributed by atoms with Crippen LogP contribution in [0.1, 0.15) is 10.4 Å². The number of carbonyl (C=O) groups excluding carboxylic acids is 1. The van der Waals surface area contributed by atoms with Crippen molar-refractivity contribution in [3.63, 3.8) is 0 Å². The Bertz CT molecular complexity index is 299. The molecular weight excluding hydrogens is 190 g/mol. The molecule has 0 unspecified atom stereocenters. The van der Waals surface area contributed by atoms with Crippen LogP contribution in [0.4, 0.5) is 4.39 Å². The molecule has 58 valence electrons. The van der Waals surface area contributed by atoms with Gasteiger partial charge in [-0.05, 0) is 12.1 Å². The van der Waals surface area contributed by atoms with E-state index in [0.717, 1.165) is 6.07 Å². The Morgan fingerprint density at radius 3 is 2.45 bits per heavy atom. The molecule has 0 saturated carbocycles. The van der Waals surface area contributed by atoms with Crippen molar-refractivity contribution in [2.75, 3.05) is 0 Å². The second-order valence-electron chi connectivity index (χ2n) is 1.91. The lowest BCUT2D eigenvalue weighted by molar-refractivity contribution is 0.112. The number of carbonyl (C=O) groups is 1. The van der Waals surface area contributed by atoms with Gasteiger partial charge in [0.2, 0.25) is 0 Å². The first kappa shape index (κ1) is 8.50. The van der Waals surface area contributed by atoms with Crippen molar-refractivity contribution in [2.45, 2.75) is 0 Å². The Kier molecular flexibility index (Phi) is 2.47. The molecule has 0 aliphatic carbocycles. The summed E-state index contributed by atoms with van der Waals surface area (Å²) in [5.74, 6) is -0.623. The summed E-state index contributed by atoms with van der Waals surface area (Å²) in [6.07, 6.45) is 0.521. The summed E-state index contributed by atoms with van der Waals surface area (Å²) in [5, 5.41) is -0.0293. The summed E-state index contributed by atoms with van der Waals surface area (Å²) in [4.78, 5) is 10.2. The highest BCUT2D eigenvalue weighted by molar-refractivity contribution is 6.35. The van der Waals surface area contributed by atoms with Gasteiger partial charge in [0.05, 0.1) is 10.0 Å². The summed E-state index contributed by atoms with van der Waals surface area (Å²) in [7, 11) is 0. The predicted octanol–water partition coefficient (Wildman–Crippen LogP) is 2.95. The Balaban J connectivity index is 3.31. The van der Waals surface area contributed by atoms with Crippen LogP contribution in [0.2, 0.25) is 10.0 Å². The van der Waals surface area contributed by atoms with Crippen molar-refractivity contribution in [1.82, 2.24) is 0 Å². The molecule has 0 amide bonds. The van der Waals surface area contributed by atoms with Crippen LogP contribution in [-0.2, 0) is 0 Å². The number of aldehydes is 1. The molecule has 0 bridgehead atoms. The maximum absolute atomic E-state index is 12.6. The third kappa shape index (κ3) is 1.70. The summed E-state index contributed by atoms with van der Waals surface area (Å²) in [6.45, 7) is 0. The molecule has 1 aromatic rings. The molecule has 0 saturated heterocycles. The van der Waals surface area contributed by atoms with Crippen LogP contribution in [0, 0.1) is 5.82 Å². The standard InChI is InChI=1S/C7H3Cl2FO/c8-5-2-7(10)6(9)1-4(5)3-11/h1-3H. The minimum absolute atomic E-state index is 0.0712. The molecule has 1 aromatic carbocycles. The fourth-order valence-corrected chi connectivity index (χ4v) is 0.995. The minimum Gasteiger partial charge on any atom is -0.298 e. The molecule has 0 aromatic heterocycles. The summed E-state index contributed by atoms with van der Waals surface area (Å²) < 4.78 is 12.6. The quantitative estimate of drug-likeness (QED) is 0.494. The van der Waals surface area contributed by atoms with E-state index in [4.69, 9.17) is 23.2 Å². The minimum atomic E-state index is -0.623. The number of hydrogen-bond acceptors (Lipinski definition) is 1. The van der Waals surface area contributed by atoms with Gasteiger partial charge in [-0.15, -0.1) is 0 Å². The van der Waals surface area contributed by atoms with Crippen LogP contribution in [0.15, 0.2) is 12.1 Å². The first-order valence-electron chi connectivity index (χ1n) is 2.75. The third-order valence-electron chi connectivity index (χ3n) is 1.17. The van der Waals surface area contributed by atoms with Gasteiger partial charge in [0.15, 0.2) is 6.29 Å².